The van der Waals surface area contributed by atoms with Gasteiger partial charge in [-0.15, -0.1) is 0 Å². The van der Waals surface area contributed by atoms with Crippen molar-refractivity contribution in [3.05, 3.63) is 99.6 Å². The molecule has 0 aliphatic carbocycles. The zero-order valence-corrected chi connectivity index (χ0v) is 17.7. The Hall–Kier alpha value is -4.47. The Morgan fingerprint density at radius 3 is 2.47 bits per heavy atom. The number of para-hydroxylation sites is 1. The molecule has 0 saturated carbocycles. The van der Waals surface area contributed by atoms with Crippen molar-refractivity contribution in [2.45, 2.75) is 13.1 Å². The van der Waals surface area contributed by atoms with Gasteiger partial charge in [0.2, 0.25) is 0 Å². The lowest BCUT2D eigenvalue weighted by Gasteiger charge is -2.12. The van der Waals surface area contributed by atoms with Crippen LogP contribution < -0.4 is 10.6 Å². The fraction of sp³-hybridized carbons (Fsp3) is 0.0833. The molecule has 0 spiro atoms. The van der Waals surface area contributed by atoms with Gasteiger partial charge in [0, 0.05) is 22.8 Å². The zero-order chi connectivity index (χ0) is 24.5. The van der Waals surface area contributed by atoms with E-state index in [0.29, 0.717) is 22.4 Å². The molecule has 7 nitrogen and oxygen atoms in total. The summed E-state index contributed by atoms with van der Waals surface area (Å²) in [4.78, 5) is 27.6. The molecule has 1 aromatic heterocycles. The van der Waals surface area contributed by atoms with E-state index in [2.05, 4.69) is 15.6 Å². The fourth-order valence-corrected chi connectivity index (χ4v) is 3.48. The average Bonchev–Trinajstić information content (AvgIpc) is 2.79. The second-order valence-electron chi connectivity index (χ2n) is 7.49. The van der Waals surface area contributed by atoms with Crippen LogP contribution in [0.5, 0.6) is 0 Å². The highest BCUT2D eigenvalue weighted by Gasteiger charge is 2.30. The van der Waals surface area contributed by atoms with Crippen LogP contribution >= 0.6 is 0 Å². The van der Waals surface area contributed by atoms with Crippen LogP contribution in [0.15, 0.2) is 72.8 Å². The van der Waals surface area contributed by atoms with E-state index in [1.165, 1.54) is 36.4 Å². The summed E-state index contributed by atoms with van der Waals surface area (Å²) in [5.41, 5.74) is 0.842. The van der Waals surface area contributed by atoms with E-state index >= 15 is 0 Å². The molecule has 1 heterocycles. The van der Waals surface area contributed by atoms with Gasteiger partial charge in [0.1, 0.15) is 11.4 Å². The molecule has 0 aliphatic rings. The largest absolute Gasteiger partial charge is 0.416 e. The molecule has 0 radical (unpaired) electrons. The summed E-state index contributed by atoms with van der Waals surface area (Å²) in [5.74, 6) is -0.263. The van der Waals surface area contributed by atoms with Crippen LogP contribution in [0.25, 0.3) is 10.9 Å². The van der Waals surface area contributed by atoms with E-state index in [1.54, 1.807) is 31.2 Å². The third-order valence-electron chi connectivity index (χ3n) is 5.08. The summed E-state index contributed by atoms with van der Waals surface area (Å²) in [6.45, 7) is 1.80. The zero-order valence-electron chi connectivity index (χ0n) is 17.7. The molecule has 2 N–H and O–H groups in total. The Kier molecular flexibility index (Phi) is 5.89. The van der Waals surface area contributed by atoms with Crippen LogP contribution in [-0.4, -0.2) is 15.8 Å². The number of aromatic nitrogens is 1. The standard InChI is InChI=1S/C24H17F3N4O3/c1-14-11-22(28-16-6-4-5-15(12-16)24(25,26)27)30-20-10-9-17(13-19(14)20)29-23(32)18-7-2-3-8-21(18)31(33)34/h2-13H,1H3,(H,28,30)(H,29,32). The number of aryl methyl sites for hydroxylation is 1. The number of carbonyl (C=O) groups is 1. The predicted octanol–water partition coefficient (Wildman–Crippen LogP) is 6.47. The summed E-state index contributed by atoms with van der Waals surface area (Å²) in [7, 11) is 0. The number of hydrogen-bond donors (Lipinski definition) is 2. The first-order chi connectivity index (χ1) is 16.1. The van der Waals surface area contributed by atoms with Crippen molar-refractivity contribution >= 4 is 39.7 Å². The highest BCUT2D eigenvalue weighted by molar-refractivity contribution is 6.07. The van der Waals surface area contributed by atoms with E-state index in [1.807, 2.05) is 0 Å². The van der Waals surface area contributed by atoms with Crippen LogP contribution in [0.3, 0.4) is 0 Å². The number of carbonyl (C=O) groups excluding carboxylic acids is 1. The van der Waals surface area contributed by atoms with Crippen molar-refractivity contribution in [1.82, 2.24) is 4.98 Å². The number of alkyl halides is 3. The second kappa shape index (κ2) is 8.81. The van der Waals surface area contributed by atoms with E-state index in [4.69, 9.17) is 0 Å². The third kappa shape index (κ3) is 4.80. The van der Waals surface area contributed by atoms with E-state index < -0.39 is 22.6 Å². The Morgan fingerprint density at radius 2 is 1.74 bits per heavy atom. The lowest BCUT2D eigenvalue weighted by atomic mass is 10.1. The Bertz CT molecular complexity index is 1420. The number of hydrogen-bond acceptors (Lipinski definition) is 5. The minimum Gasteiger partial charge on any atom is -0.340 e. The number of amides is 1. The summed E-state index contributed by atoms with van der Waals surface area (Å²) in [6, 6.07) is 17.0. The predicted molar refractivity (Wildman–Crippen MR) is 122 cm³/mol. The highest BCUT2D eigenvalue weighted by atomic mass is 19.4. The van der Waals surface area contributed by atoms with Crippen LogP contribution in [0.1, 0.15) is 21.5 Å². The number of nitrogens with one attached hydrogen (secondary N) is 2. The smallest absolute Gasteiger partial charge is 0.340 e. The van der Waals surface area contributed by atoms with Gasteiger partial charge in [-0.3, -0.25) is 14.9 Å². The molecule has 4 aromatic rings. The molecule has 4 rings (SSSR count). The maximum absolute atomic E-state index is 13.0. The van der Waals surface area contributed by atoms with Crippen molar-refractivity contribution in [2.24, 2.45) is 0 Å². The molecule has 1 amide bonds. The molecule has 34 heavy (non-hydrogen) atoms. The molecule has 0 fully saturated rings. The van der Waals surface area contributed by atoms with Crippen molar-refractivity contribution < 1.29 is 22.9 Å². The first-order valence-corrected chi connectivity index (χ1v) is 10.0. The van der Waals surface area contributed by atoms with Crippen molar-refractivity contribution in [3.63, 3.8) is 0 Å². The molecule has 172 valence electrons. The molecule has 0 atom stereocenters. The Morgan fingerprint density at radius 1 is 0.971 bits per heavy atom. The van der Waals surface area contributed by atoms with Crippen molar-refractivity contribution in [1.29, 1.82) is 0 Å². The number of rotatable bonds is 5. The number of pyridine rings is 1. The molecule has 10 heteroatoms. The Labute approximate surface area is 191 Å². The minimum absolute atomic E-state index is 0.0666. The summed E-state index contributed by atoms with van der Waals surface area (Å²) >= 11 is 0. The molecule has 0 bridgehead atoms. The molecular weight excluding hydrogens is 449 g/mol. The van der Waals surface area contributed by atoms with E-state index in [-0.39, 0.29) is 16.9 Å². The maximum atomic E-state index is 13.0. The highest BCUT2D eigenvalue weighted by Crippen LogP contribution is 2.32. The van der Waals surface area contributed by atoms with Gasteiger partial charge in [0.25, 0.3) is 11.6 Å². The third-order valence-corrected chi connectivity index (χ3v) is 5.08. The van der Waals surface area contributed by atoms with Crippen LogP contribution in [-0.2, 0) is 6.18 Å². The molecule has 3 aromatic carbocycles. The number of halogens is 3. The molecule has 0 saturated heterocycles. The maximum Gasteiger partial charge on any atom is 0.416 e. The SMILES string of the molecule is Cc1cc(Nc2cccc(C(F)(F)F)c2)nc2ccc(NC(=O)c3ccccc3[N+](=O)[O-])cc12. The van der Waals surface area contributed by atoms with Gasteiger partial charge >= 0.3 is 6.18 Å². The number of nitro groups is 1. The van der Waals surface area contributed by atoms with Gasteiger partial charge in [-0.2, -0.15) is 13.2 Å². The molecule has 0 aliphatic heterocycles. The quantitative estimate of drug-likeness (QED) is 0.260. The van der Waals surface area contributed by atoms with Crippen molar-refractivity contribution in [2.75, 3.05) is 10.6 Å². The fourth-order valence-electron chi connectivity index (χ4n) is 3.48. The van der Waals surface area contributed by atoms with E-state index in [0.717, 1.165) is 17.7 Å². The van der Waals surface area contributed by atoms with Gasteiger partial charge in [-0.05, 0) is 61.0 Å². The van der Waals surface area contributed by atoms with Gasteiger partial charge in [-0.1, -0.05) is 18.2 Å². The lowest BCUT2D eigenvalue weighted by Crippen LogP contribution is -2.13. The monoisotopic (exact) mass is 466 g/mol. The second-order valence-corrected chi connectivity index (χ2v) is 7.49. The summed E-state index contributed by atoms with van der Waals surface area (Å²) < 4.78 is 38.9. The number of nitrogens with zero attached hydrogens (tertiary/aromatic N) is 2. The van der Waals surface area contributed by atoms with Crippen LogP contribution in [0, 0.1) is 17.0 Å². The van der Waals surface area contributed by atoms with Crippen LogP contribution in [0.2, 0.25) is 0 Å². The van der Waals surface area contributed by atoms with Crippen LogP contribution in [0.4, 0.5) is 36.1 Å². The first-order valence-electron chi connectivity index (χ1n) is 10.0. The normalized spacial score (nSPS) is 11.3. The number of anilines is 3. The average molecular weight is 466 g/mol. The number of nitro benzene ring substituents is 1. The first kappa shape index (κ1) is 22.7. The van der Waals surface area contributed by atoms with E-state index in [9.17, 15) is 28.1 Å². The molecule has 0 unspecified atom stereocenters. The summed E-state index contributed by atoms with van der Waals surface area (Å²) in [5, 5.41) is 17.4. The minimum atomic E-state index is -4.45. The molecular formula is C24H17F3N4O3. The lowest BCUT2D eigenvalue weighted by molar-refractivity contribution is -0.385. The number of fused-ring (bicyclic) bond motifs is 1. The summed E-state index contributed by atoms with van der Waals surface area (Å²) in [6.07, 6.45) is -4.45. The van der Waals surface area contributed by atoms with Gasteiger partial charge in [0.15, 0.2) is 0 Å². The van der Waals surface area contributed by atoms with Gasteiger partial charge in [-0.25, -0.2) is 4.98 Å². The van der Waals surface area contributed by atoms with Crippen molar-refractivity contribution in [3.8, 4) is 0 Å². The number of benzene rings is 3. The van der Waals surface area contributed by atoms with Gasteiger partial charge in [0.05, 0.1) is 16.0 Å². The van der Waals surface area contributed by atoms with Gasteiger partial charge < -0.3 is 10.6 Å². The Balaban J connectivity index is 1.59. The topological polar surface area (TPSA) is 97.2 Å².